The van der Waals surface area contributed by atoms with Crippen LogP contribution < -0.4 is 0 Å². The molecule has 0 nitrogen and oxygen atoms in total. The molecule has 0 radical (unpaired) electrons. The van der Waals surface area contributed by atoms with Crippen LogP contribution in [0.15, 0.2) is 158 Å². The molecule has 12 aromatic rings. The van der Waals surface area contributed by atoms with Crippen LogP contribution in [0.5, 0.6) is 0 Å². The summed E-state index contributed by atoms with van der Waals surface area (Å²) in [5.41, 5.74) is 5.15. The number of rotatable bonds is 2. The van der Waals surface area contributed by atoms with E-state index in [1.54, 1.807) is 0 Å². The lowest BCUT2D eigenvalue weighted by molar-refractivity contribution is 1.69. The molecular weight excluding hydrogens is 577 g/mol. The fraction of sp³-hybridized carbons (Fsp3) is 0. The molecule has 0 saturated carbocycles. The third-order valence-electron chi connectivity index (χ3n) is 11.2. The number of hydrogen-bond acceptors (Lipinski definition) is 0. The zero-order valence-corrected chi connectivity index (χ0v) is 26.0. The van der Waals surface area contributed by atoms with Crippen molar-refractivity contribution in [1.82, 2.24) is 0 Å². The Bertz CT molecular complexity index is 3230. The smallest absolute Gasteiger partial charge is 0.000697 e. The second-order valence-electron chi connectivity index (χ2n) is 13.5. The Labute approximate surface area is 276 Å². The van der Waals surface area contributed by atoms with Gasteiger partial charge in [0.05, 0.1) is 0 Å². The Morgan fingerprint density at radius 2 is 0.792 bits per heavy atom. The van der Waals surface area contributed by atoms with Gasteiger partial charge in [-0.15, -0.1) is 0 Å². The Hall–Kier alpha value is -6.24. The average molecular weight is 603 g/mol. The predicted octanol–water partition coefficient (Wildman–Crippen LogP) is 13.7. The molecule has 0 N–H and O–H groups in total. The first-order valence-electron chi connectivity index (χ1n) is 16.9. The van der Waals surface area contributed by atoms with E-state index in [-0.39, 0.29) is 0 Å². The van der Waals surface area contributed by atoms with Gasteiger partial charge in [-0.1, -0.05) is 146 Å². The zero-order valence-electron chi connectivity index (χ0n) is 26.0. The number of fused-ring (bicyclic) bond motifs is 7. The molecule has 12 aromatic carbocycles. The molecule has 0 aliphatic rings. The quantitative estimate of drug-likeness (QED) is 0.173. The van der Waals surface area contributed by atoms with Gasteiger partial charge in [0.25, 0.3) is 0 Å². The van der Waals surface area contributed by atoms with Gasteiger partial charge in [0, 0.05) is 0 Å². The normalized spacial score (nSPS) is 12.6. The lowest BCUT2D eigenvalue weighted by atomic mass is 9.86. The minimum Gasteiger partial charge on any atom is -0.0622 e. The maximum atomic E-state index is 2.51. The summed E-state index contributed by atoms with van der Waals surface area (Å²) in [5, 5.41) is 24.1. The third-order valence-corrected chi connectivity index (χ3v) is 11.2. The van der Waals surface area contributed by atoms with E-state index in [0.717, 1.165) is 0 Å². The maximum absolute atomic E-state index is 2.51. The van der Waals surface area contributed by atoms with Gasteiger partial charge in [-0.05, 0) is 131 Å². The van der Waals surface area contributed by atoms with E-state index in [4.69, 9.17) is 0 Å². The number of hydrogen-bond donors (Lipinski definition) is 0. The summed E-state index contributed by atoms with van der Waals surface area (Å²) in [7, 11) is 0. The lowest BCUT2D eigenvalue weighted by Gasteiger charge is -2.17. The van der Waals surface area contributed by atoms with E-state index in [0.29, 0.717) is 0 Å². The molecule has 0 bridgehead atoms. The molecule has 0 amide bonds. The second-order valence-corrected chi connectivity index (χ2v) is 13.5. The summed E-state index contributed by atoms with van der Waals surface area (Å²) in [6.07, 6.45) is 0. The highest BCUT2D eigenvalue weighted by atomic mass is 14.3. The van der Waals surface area contributed by atoms with Gasteiger partial charge >= 0.3 is 0 Å². The average Bonchev–Trinajstić information content (AvgIpc) is 3.66. The molecule has 0 saturated heterocycles. The van der Waals surface area contributed by atoms with Gasteiger partial charge in [-0.3, -0.25) is 0 Å². The van der Waals surface area contributed by atoms with Crippen molar-refractivity contribution >= 4 is 97.0 Å². The van der Waals surface area contributed by atoms with Crippen LogP contribution in [0, 0.1) is 0 Å². The predicted molar refractivity (Wildman–Crippen MR) is 208 cm³/mol. The Balaban J connectivity index is 1.34. The molecular formula is C48H26. The third kappa shape index (κ3) is 2.97. The van der Waals surface area contributed by atoms with Gasteiger partial charge in [-0.25, -0.2) is 0 Å². The van der Waals surface area contributed by atoms with E-state index < -0.39 is 0 Å². The first kappa shape index (κ1) is 24.9. The highest BCUT2D eigenvalue weighted by molar-refractivity contribution is 6.48. The van der Waals surface area contributed by atoms with Crippen LogP contribution in [-0.2, 0) is 0 Å². The van der Waals surface area contributed by atoms with E-state index in [9.17, 15) is 0 Å². The summed E-state index contributed by atoms with van der Waals surface area (Å²) in [6.45, 7) is 0. The van der Waals surface area contributed by atoms with E-state index in [1.165, 1.54) is 119 Å². The fourth-order valence-corrected chi connectivity index (χ4v) is 9.38. The Kier molecular flexibility index (Phi) is 4.55. The van der Waals surface area contributed by atoms with Crippen molar-refractivity contribution in [2.24, 2.45) is 0 Å². The molecule has 0 aromatic heterocycles. The number of benzene rings is 10. The summed E-state index contributed by atoms with van der Waals surface area (Å²) < 4.78 is 0. The summed E-state index contributed by atoms with van der Waals surface area (Å²) in [5.74, 6) is 0. The Morgan fingerprint density at radius 1 is 0.229 bits per heavy atom. The zero-order chi connectivity index (χ0) is 31.1. The molecule has 0 heteroatoms. The molecule has 0 aliphatic heterocycles. The molecule has 0 spiro atoms. The SMILES string of the molecule is c1ccc(-c2c3cc(-c4ccc5ccc6cccc7ccc4c5c67)cc4c5ccccc5c(c34)c3c4cccc5cccc(c23)c54)cc1. The van der Waals surface area contributed by atoms with Crippen LogP contribution in [-0.4, -0.2) is 0 Å². The molecule has 0 aliphatic carbocycles. The van der Waals surface area contributed by atoms with Crippen molar-refractivity contribution in [2.45, 2.75) is 0 Å². The van der Waals surface area contributed by atoms with Crippen LogP contribution in [0.1, 0.15) is 0 Å². The molecule has 0 unspecified atom stereocenters. The summed E-state index contributed by atoms with van der Waals surface area (Å²) in [4.78, 5) is 0. The van der Waals surface area contributed by atoms with Gasteiger partial charge in [0.1, 0.15) is 0 Å². The van der Waals surface area contributed by atoms with E-state index in [2.05, 4.69) is 158 Å². The Morgan fingerprint density at radius 3 is 1.58 bits per heavy atom. The van der Waals surface area contributed by atoms with Crippen molar-refractivity contribution < 1.29 is 0 Å². The topological polar surface area (TPSA) is 0 Å². The van der Waals surface area contributed by atoms with Gasteiger partial charge < -0.3 is 0 Å². The molecule has 218 valence electrons. The standard InChI is InChI=1S/C48H26/c1-2-9-28(10-3-1)44-40-26-32(33-23-21-31-20-19-29-11-6-12-30-22-24-36(33)43(31)41(29)30)25-39-34-15-4-5-16-35(34)46(45(39)40)48-38-18-8-14-27-13-7-17-37(42(27)38)47(44)48/h1-26H. The summed E-state index contributed by atoms with van der Waals surface area (Å²) in [6, 6.07) is 59.4. The van der Waals surface area contributed by atoms with Crippen molar-refractivity contribution in [3.05, 3.63) is 158 Å². The van der Waals surface area contributed by atoms with Gasteiger partial charge in [-0.2, -0.15) is 0 Å². The second kappa shape index (κ2) is 8.76. The maximum Gasteiger partial charge on any atom is -0.000697 e. The summed E-state index contributed by atoms with van der Waals surface area (Å²) >= 11 is 0. The first-order valence-corrected chi connectivity index (χ1v) is 16.9. The molecule has 0 heterocycles. The van der Waals surface area contributed by atoms with E-state index in [1.807, 2.05) is 0 Å². The lowest BCUT2D eigenvalue weighted by Crippen LogP contribution is -1.89. The molecule has 48 heavy (non-hydrogen) atoms. The monoisotopic (exact) mass is 602 g/mol. The van der Waals surface area contributed by atoms with Crippen LogP contribution >= 0.6 is 0 Å². The van der Waals surface area contributed by atoms with Crippen LogP contribution in [0.2, 0.25) is 0 Å². The highest BCUT2D eigenvalue weighted by Gasteiger charge is 2.25. The molecule has 12 rings (SSSR count). The van der Waals surface area contributed by atoms with Crippen LogP contribution in [0.4, 0.5) is 0 Å². The minimum atomic E-state index is 1.26. The van der Waals surface area contributed by atoms with Crippen molar-refractivity contribution in [2.75, 3.05) is 0 Å². The van der Waals surface area contributed by atoms with Gasteiger partial charge in [0.2, 0.25) is 0 Å². The largest absolute Gasteiger partial charge is 0.0622 e. The van der Waals surface area contributed by atoms with Crippen LogP contribution in [0.25, 0.3) is 119 Å². The highest BCUT2D eigenvalue weighted by Crippen LogP contribution is 2.54. The van der Waals surface area contributed by atoms with E-state index >= 15 is 0 Å². The minimum absolute atomic E-state index is 1.26. The van der Waals surface area contributed by atoms with Crippen molar-refractivity contribution in [1.29, 1.82) is 0 Å². The van der Waals surface area contributed by atoms with Crippen molar-refractivity contribution in [3.63, 3.8) is 0 Å². The van der Waals surface area contributed by atoms with Crippen LogP contribution in [0.3, 0.4) is 0 Å². The molecule has 0 atom stereocenters. The van der Waals surface area contributed by atoms with Crippen molar-refractivity contribution in [3.8, 4) is 22.3 Å². The first-order chi connectivity index (χ1) is 23.8. The fourth-order valence-electron chi connectivity index (χ4n) is 9.38. The molecule has 0 fully saturated rings. The van der Waals surface area contributed by atoms with Gasteiger partial charge in [0.15, 0.2) is 0 Å².